The molecule has 168 valence electrons. The van der Waals surface area contributed by atoms with Crippen LogP contribution in [0.3, 0.4) is 0 Å². The fraction of sp³-hybridized carbons (Fsp3) is 0.333. The van der Waals surface area contributed by atoms with Crippen molar-refractivity contribution in [2.24, 2.45) is 11.1 Å². The Morgan fingerprint density at radius 3 is 2.62 bits per heavy atom. The number of anilines is 1. The van der Waals surface area contributed by atoms with E-state index >= 15 is 0 Å². The number of carbonyl (C=O) groups excluding carboxylic acids is 1. The molecule has 1 saturated heterocycles. The van der Waals surface area contributed by atoms with Crippen LogP contribution in [0.1, 0.15) is 19.0 Å². The largest absolute Gasteiger partial charge is 0.368 e. The fourth-order valence-corrected chi connectivity index (χ4v) is 3.32. The van der Waals surface area contributed by atoms with Crippen LogP contribution in [0.15, 0.2) is 36.5 Å². The van der Waals surface area contributed by atoms with Gasteiger partial charge in [-0.1, -0.05) is 0 Å². The van der Waals surface area contributed by atoms with Crippen LogP contribution in [0.2, 0.25) is 0 Å². The van der Waals surface area contributed by atoms with E-state index in [4.69, 9.17) is 20.9 Å². The number of nitrogen functional groups attached to an aromatic ring is 1. The van der Waals surface area contributed by atoms with Crippen molar-refractivity contribution in [2.45, 2.75) is 13.2 Å². The second-order valence-corrected chi connectivity index (χ2v) is 7.71. The molecular formula is C21H24FN7O3. The Kier molecular flexibility index (Phi) is 6.12. The molecule has 1 aliphatic heterocycles. The van der Waals surface area contributed by atoms with Gasteiger partial charge in [0.05, 0.1) is 35.7 Å². The molecule has 0 bridgehead atoms. The average Bonchev–Trinajstić information content (AvgIpc) is 3.24. The van der Waals surface area contributed by atoms with Gasteiger partial charge in [-0.25, -0.2) is 19.3 Å². The third-order valence-electron chi connectivity index (χ3n) is 5.08. The minimum absolute atomic E-state index is 0.105. The number of nitrogens with one attached hydrogen (secondary N) is 2. The van der Waals surface area contributed by atoms with E-state index in [2.05, 4.69) is 25.3 Å². The summed E-state index contributed by atoms with van der Waals surface area (Å²) in [5, 5.41) is 2.76. The first-order valence-electron chi connectivity index (χ1n) is 10.1. The molecule has 6 N–H and O–H groups in total. The van der Waals surface area contributed by atoms with Gasteiger partial charge in [-0.2, -0.15) is 0 Å². The topological polar surface area (TPSA) is 154 Å². The van der Waals surface area contributed by atoms with E-state index in [1.165, 1.54) is 18.3 Å². The Morgan fingerprint density at radius 2 is 1.97 bits per heavy atom. The van der Waals surface area contributed by atoms with Crippen LogP contribution in [0.25, 0.3) is 22.6 Å². The lowest BCUT2D eigenvalue weighted by atomic mass is 9.91. The predicted octanol–water partition coefficient (Wildman–Crippen LogP) is 1.38. The number of amides is 1. The standard InChI is InChI=1S/C21H24FN7O3/c1-21(19(30)25-9-7-23)10-31-18(32-11-21)17-28-15(12-2-4-13(22)5-3-12)16(29-17)14-6-8-26-20(24)27-14/h2-6,8,18H,7,9-11,23H2,1H3,(H,25,30)(H,28,29)(H2,24,26,27). The number of nitrogens with two attached hydrogens (primary N) is 2. The van der Waals surface area contributed by atoms with Gasteiger partial charge in [0.25, 0.3) is 0 Å². The van der Waals surface area contributed by atoms with Gasteiger partial charge in [0.15, 0.2) is 5.82 Å². The van der Waals surface area contributed by atoms with Gasteiger partial charge in [0, 0.05) is 24.8 Å². The highest BCUT2D eigenvalue weighted by Gasteiger charge is 2.40. The summed E-state index contributed by atoms with van der Waals surface area (Å²) in [5.41, 5.74) is 12.6. The number of aromatic nitrogens is 4. The van der Waals surface area contributed by atoms with E-state index in [0.717, 1.165) is 0 Å². The van der Waals surface area contributed by atoms with Crippen molar-refractivity contribution in [3.63, 3.8) is 0 Å². The Morgan fingerprint density at radius 1 is 1.25 bits per heavy atom. The van der Waals surface area contributed by atoms with E-state index in [-0.39, 0.29) is 30.9 Å². The molecule has 0 aliphatic carbocycles. The maximum atomic E-state index is 13.4. The first kappa shape index (κ1) is 21.8. The van der Waals surface area contributed by atoms with E-state index in [1.54, 1.807) is 25.1 Å². The summed E-state index contributed by atoms with van der Waals surface area (Å²) in [6.07, 6.45) is 0.712. The highest BCUT2D eigenvalue weighted by atomic mass is 19.1. The number of ether oxygens (including phenoxy) is 2. The molecule has 2 aromatic heterocycles. The maximum absolute atomic E-state index is 13.4. The third-order valence-corrected chi connectivity index (χ3v) is 5.08. The number of H-pyrrole nitrogens is 1. The van der Waals surface area contributed by atoms with Crippen molar-refractivity contribution < 1.29 is 18.7 Å². The van der Waals surface area contributed by atoms with Gasteiger partial charge in [0.1, 0.15) is 5.82 Å². The number of nitrogens with zero attached hydrogens (tertiary/aromatic N) is 3. The molecule has 0 atom stereocenters. The second kappa shape index (κ2) is 8.99. The first-order valence-corrected chi connectivity index (χ1v) is 10.1. The minimum Gasteiger partial charge on any atom is -0.368 e. The van der Waals surface area contributed by atoms with Crippen LogP contribution in [0.4, 0.5) is 10.3 Å². The molecule has 0 unspecified atom stereocenters. The zero-order chi connectivity index (χ0) is 22.7. The van der Waals surface area contributed by atoms with Crippen LogP contribution in [0, 0.1) is 11.2 Å². The number of hydrogen-bond donors (Lipinski definition) is 4. The van der Waals surface area contributed by atoms with Crippen LogP contribution < -0.4 is 16.8 Å². The predicted molar refractivity (Wildman–Crippen MR) is 114 cm³/mol. The Bertz CT molecular complexity index is 1100. The fourth-order valence-electron chi connectivity index (χ4n) is 3.32. The zero-order valence-corrected chi connectivity index (χ0v) is 17.5. The molecule has 3 aromatic rings. The Balaban J connectivity index is 1.62. The molecule has 1 aliphatic rings. The second-order valence-electron chi connectivity index (χ2n) is 7.71. The smallest absolute Gasteiger partial charge is 0.230 e. The lowest BCUT2D eigenvalue weighted by Gasteiger charge is -2.35. The van der Waals surface area contributed by atoms with Gasteiger partial charge in [-0.15, -0.1) is 0 Å². The third kappa shape index (κ3) is 4.44. The van der Waals surface area contributed by atoms with Crippen molar-refractivity contribution in [1.82, 2.24) is 25.3 Å². The zero-order valence-electron chi connectivity index (χ0n) is 17.5. The minimum atomic E-state index is -0.845. The normalized spacial score (nSPS) is 20.8. The first-order chi connectivity index (χ1) is 15.4. The molecule has 10 nitrogen and oxygen atoms in total. The molecule has 32 heavy (non-hydrogen) atoms. The number of hydrogen-bond acceptors (Lipinski definition) is 8. The van der Waals surface area contributed by atoms with Gasteiger partial charge < -0.3 is 31.2 Å². The molecule has 4 rings (SSSR count). The number of benzene rings is 1. The van der Waals surface area contributed by atoms with Crippen molar-refractivity contribution in [3.05, 3.63) is 48.2 Å². The Hall–Kier alpha value is -3.41. The summed E-state index contributed by atoms with van der Waals surface area (Å²) in [6.45, 7) is 2.76. The van der Waals surface area contributed by atoms with E-state index in [0.29, 0.717) is 41.6 Å². The quantitative estimate of drug-likeness (QED) is 0.447. The number of halogens is 1. The molecule has 3 heterocycles. The van der Waals surface area contributed by atoms with E-state index in [9.17, 15) is 9.18 Å². The highest BCUT2D eigenvalue weighted by Crippen LogP contribution is 2.35. The monoisotopic (exact) mass is 441 g/mol. The number of aromatic amines is 1. The van der Waals surface area contributed by atoms with Gasteiger partial charge in [-0.05, 0) is 37.3 Å². The summed E-state index contributed by atoms with van der Waals surface area (Å²) in [6, 6.07) is 7.61. The number of rotatable bonds is 6. The average molecular weight is 441 g/mol. The van der Waals surface area contributed by atoms with Gasteiger partial charge in [0.2, 0.25) is 18.1 Å². The van der Waals surface area contributed by atoms with Crippen LogP contribution in [0.5, 0.6) is 0 Å². The SMILES string of the molecule is CC1(C(=O)NCCN)COC(c2nc(-c3ccc(F)cc3)c(-c3ccnc(N)n3)[nH]2)OC1. The molecule has 0 radical (unpaired) electrons. The number of carbonyl (C=O) groups is 1. The number of imidazole rings is 1. The van der Waals surface area contributed by atoms with Crippen molar-refractivity contribution in [3.8, 4) is 22.6 Å². The highest BCUT2D eigenvalue weighted by molar-refractivity contribution is 5.82. The molecule has 1 aromatic carbocycles. The molecule has 1 amide bonds. The van der Waals surface area contributed by atoms with Gasteiger partial charge >= 0.3 is 0 Å². The van der Waals surface area contributed by atoms with Crippen molar-refractivity contribution >= 4 is 11.9 Å². The molecule has 0 saturated carbocycles. The molecule has 11 heteroatoms. The lowest BCUT2D eigenvalue weighted by molar-refractivity contribution is -0.231. The summed E-state index contributed by atoms with van der Waals surface area (Å²) in [7, 11) is 0. The van der Waals surface area contributed by atoms with Crippen molar-refractivity contribution in [2.75, 3.05) is 32.0 Å². The molecule has 0 spiro atoms. The molecular weight excluding hydrogens is 417 g/mol. The maximum Gasteiger partial charge on any atom is 0.230 e. The van der Waals surface area contributed by atoms with Gasteiger partial charge in [-0.3, -0.25) is 4.79 Å². The van der Waals surface area contributed by atoms with E-state index < -0.39 is 11.7 Å². The van der Waals surface area contributed by atoms with Crippen LogP contribution in [-0.2, 0) is 14.3 Å². The summed E-state index contributed by atoms with van der Waals surface area (Å²) < 4.78 is 25.1. The lowest BCUT2D eigenvalue weighted by Crippen LogP contribution is -2.49. The summed E-state index contributed by atoms with van der Waals surface area (Å²) in [5.74, 6) is -0.0532. The Labute approximate surface area is 183 Å². The van der Waals surface area contributed by atoms with Crippen LogP contribution >= 0.6 is 0 Å². The molecule has 1 fully saturated rings. The summed E-state index contributed by atoms with van der Waals surface area (Å²) >= 11 is 0. The summed E-state index contributed by atoms with van der Waals surface area (Å²) in [4.78, 5) is 28.4. The van der Waals surface area contributed by atoms with E-state index in [1.807, 2.05) is 0 Å². The van der Waals surface area contributed by atoms with Crippen molar-refractivity contribution in [1.29, 1.82) is 0 Å². The van der Waals surface area contributed by atoms with Crippen LogP contribution in [-0.4, -0.2) is 52.1 Å².